The molecule has 0 amide bonds. The van der Waals surface area contributed by atoms with Gasteiger partial charge in [0.25, 0.3) is 0 Å². The van der Waals surface area contributed by atoms with Gasteiger partial charge in [-0.25, -0.2) is 0 Å². The molecule has 0 spiro atoms. The molecule has 0 aliphatic heterocycles. The molecule has 7 rings (SSSR count). The quantitative estimate of drug-likeness (QED) is 0.222. The summed E-state index contributed by atoms with van der Waals surface area (Å²) < 4.78 is 1.13. The number of hydrogen-bond acceptors (Lipinski definition) is 0. The Morgan fingerprint density at radius 1 is 0.636 bits per heavy atom. The number of rotatable bonds is 6. The van der Waals surface area contributed by atoms with E-state index in [0.29, 0.717) is 8.45 Å². The number of aryl methyl sites for hydroxylation is 1. The number of hydrogen-bond donors (Lipinski definition) is 0. The van der Waals surface area contributed by atoms with E-state index in [1.54, 1.807) is 22.3 Å². The molecular weight excluding hydrogens is 627 g/mol. The molecule has 2 unspecified atom stereocenters. The smallest absolute Gasteiger partial charge is 1.00 e. The van der Waals surface area contributed by atoms with E-state index in [9.17, 15) is 0 Å². The van der Waals surface area contributed by atoms with Crippen molar-refractivity contribution in [2.45, 2.75) is 48.2 Å². The summed E-state index contributed by atoms with van der Waals surface area (Å²) in [5, 5.41) is 2.78. The van der Waals surface area contributed by atoms with Crippen molar-refractivity contribution < 1.29 is 41.4 Å². The molecular formula is C40H38Cl2SiTi. The van der Waals surface area contributed by atoms with Gasteiger partial charge in [0.15, 0.2) is 0 Å². The summed E-state index contributed by atoms with van der Waals surface area (Å²) in [7, 11) is 0. The minimum absolute atomic E-state index is 0. The monoisotopic (exact) mass is 664 g/mol. The average molecular weight is 666 g/mol. The van der Waals surface area contributed by atoms with Crippen LogP contribution in [0, 0.1) is 0 Å². The Kier molecular flexibility index (Phi) is 10.2. The molecule has 0 nitrogen and oxygen atoms in total. The van der Waals surface area contributed by atoms with Gasteiger partial charge in [0, 0.05) is 0 Å². The Labute approximate surface area is 281 Å². The third-order valence-corrected chi connectivity index (χ3v) is 22.3. The molecule has 2 aliphatic rings. The van der Waals surface area contributed by atoms with Crippen LogP contribution < -0.4 is 24.8 Å². The number of benzene rings is 5. The molecule has 220 valence electrons. The minimum atomic E-state index is -1.84. The van der Waals surface area contributed by atoms with Crippen molar-refractivity contribution in [3.63, 3.8) is 0 Å². The Hall–Kier alpha value is -2.65. The van der Waals surface area contributed by atoms with Crippen LogP contribution in [0.4, 0.5) is 0 Å². The maximum Gasteiger partial charge on any atom is -1.00 e. The SMILES string of the molecule is CCC1=Cc2c(-c3ccccc3)cccc2[CH]1[Ti+2]([CH]1C(c2cc(CC)cc3ccccc23)=Cc2ccccc21)=[Si](C)C.[Cl-].[Cl-]. The molecule has 0 saturated heterocycles. The van der Waals surface area contributed by atoms with Crippen LogP contribution >= 0.6 is 0 Å². The summed E-state index contributed by atoms with van der Waals surface area (Å²) in [6.45, 7) is 9.94. The van der Waals surface area contributed by atoms with E-state index in [0.717, 1.165) is 12.8 Å². The van der Waals surface area contributed by atoms with Crippen molar-refractivity contribution in [2.75, 3.05) is 0 Å². The number of halogens is 2. The Morgan fingerprint density at radius 3 is 2.09 bits per heavy atom. The first-order valence-electron chi connectivity index (χ1n) is 15.5. The van der Waals surface area contributed by atoms with Gasteiger partial charge < -0.3 is 24.8 Å². The first kappa shape index (κ1) is 32.7. The van der Waals surface area contributed by atoms with Gasteiger partial charge >= 0.3 is 259 Å². The fraction of sp³-hybridized carbons (Fsp3) is 0.200. The van der Waals surface area contributed by atoms with Gasteiger partial charge in [0.2, 0.25) is 0 Å². The fourth-order valence-corrected chi connectivity index (χ4v) is 21.1. The summed E-state index contributed by atoms with van der Waals surface area (Å²) in [6, 6.07) is 41.5. The molecule has 5 aromatic carbocycles. The second-order valence-corrected chi connectivity index (χ2v) is 24.3. The van der Waals surface area contributed by atoms with Gasteiger partial charge in [0.05, 0.1) is 0 Å². The summed E-state index contributed by atoms with van der Waals surface area (Å²) in [6.07, 6.45) is 6.79. The zero-order valence-corrected chi connectivity index (χ0v) is 29.9. The van der Waals surface area contributed by atoms with Crippen molar-refractivity contribution in [1.29, 1.82) is 0 Å². The zero-order chi connectivity index (χ0) is 28.8. The van der Waals surface area contributed by atoms with E-state index < -0.39 is 22.8 Å². The molecule has 0 fully saturated rings. The van der Waals surface area contributed by atoms with E-state index in [4.69, 9.17) is 0 Å². The van der Waals surface area contributed by atoms with Crippen molar-refractivity contribution in [3.05, 3.63) is 148 Å². The Morgan fingerprint density at radius 2 is 1.34 bits per heavy atom. The first-order chi connectivity index (χ1) is 20.6. The van der Waals surface area contributed by atoms with Crippen molar-refractivity contribution in [2.24, 2.45) is 0 Å². The van der Waals surface area contributed by atoms with Crippen LogP contribution in [0.1, 0.15) is 62.1 Å². The molecule has 44 heavy (non-hydrogen) atoms. The Balaban J connectivity index is 0.00000192. The molecule has 2 atom stereocenters. The van der Waals surface area contributed by atoms with Crippen molar-refractivity contribution in [1.82, 2.24) is 0 Å². The van der Waals surface area contributed by atoms with Crippen LogP contribution in [0.3, 0.4) is 0 Å². The maximum absolute atomic E-state index is 2.63. The van der Waals surface area contributed by atoms with Crippen LogP contribution in [0.2, 0.25) is 13.1 Å². The minimum Gasteiger partial charge on any atom is -1.00 e. The predicted octanol–water partition coefficient (Wildman–Crippen LogP) is 5.09. The molecule has 4 heteroatoms. The van der Waals surface area contributed by atoms with E-state index in [1.807, 2.05) is 0 Å². The molecule has 5 aromatic rings. The molecule has 0 heterocycles. The molecule has 0 bridgehead atoms. The topological polar surface area (TPSA) is 0 Å². The largest absolute Gasteiger partial charge is 1.00 e. The molecule has 0 N–H and O–H groups in total. The van der Waals surface area contributed by atoms with E-state index in [2.05, 4.69) is 148 Å². The molecule has 2 aliphatic carbocycles. The molecule has 0 radical (unpaired) electrons. The van der Waals surface area contributed by atoms with Gasteiger partial charge in [-0.3, -0.25) is 0 Å². The molecule has 0 saturated carbocycles. The third kappa shape index (κ3) is 5.63. The maximum atomic E-state index is 2.63. The number of fused-ring (bicyclic) bond motifs is 3. The van der Waals surface area contributed by atoms with Gasteiger partial charge in [-0.05, 0) is 0 Å². The second kappa shape index (κ2) is 13.8. The van der Waals surface area contributed by atoms with Gasteiger partial charge in [0.1, 0.15) is 0 Å². The predicted molar refractivity (Wildman–Crippen MR) is 181 cm³/mol. The van der Waals surface area contributed by atoms with E-state index in [-0.39, 0.29) is 24.8 Å². The first-order valence-corrected chi connectivity index (χ1v) is 22.1. The fourth-order valence-electron chi connectivity index (χ4n) is 7.46. The molecule has 0 aromatic heterocycles. The standard InChI is InChI=1S/C21H17.C17H15.C2H6Si.2ClH.Ti/c1-2-15-11-18-9-5-6-10-20(18)21(12-15)19-13-16-7-3-4-8-17(16)14-19;1-2-13-11-15-9-6-10-16(17(15)12-13)14-7-4-3-5-8-14;1-3-2;;;/h3-14H,2H2,1H3;3-12H,2H2,1H3;1-2H3;2*1H;/q;;;;;+2/p-2. The van der Waals surface area contributed by atoms with E-state index >= 15 is 0 Å². The second-order valence-electron chi connectivity index (χ2n) is 12.0. The summed E-state index contributed by atoms with van der Waals surface area (Å²) in [5.41, 5.74) is 15.0. The van der Waals surface area contributed by atoms with Gasteiger partial charge in [-0.2, -0.15) is 0 Å². The van der Waals surface area contributed by atoms with Crippen molar-refractivity contribution >= 4 is 34.7 Å². The van der Waals surface area contributed by atoms with Crippen LogP contribution in [0.25, 0.3) is 39.6 Å². The average Bonchev–Trinajstić information content (AvgIpc) is 3.60. The van der Waals surface area contributed by atoms with Crippen LogP contribution in [0.15, 0.2) is 115 Å². The van der Waals surface area contributed by atoms with Crippen LogP contribution in [-0.2, 0) is 23.0 Å². The summed E-state index contributed by atoms with van der Waals surface area (Å²) >= 11 is -1.84. The van der Waals surface area contributed by atoms with Crippen LogP contribution in [0.5, 0.6) is 0 Å². The summed E-state index contributed by atoms with van der Waals surface area (Å²) in [4.78, 5) is 0. The zero-order valence-electron chi connectivity index (χ0n) is 25.9. The Bertz CT molecular complexity index is 1930. The summed E-state index contributed by atoms with van der Waals surface area (Å²) in [5.74, 6) is 0. The van der Waals surface area contributed by atoms with Crippen molar-refractivity contribution in [3.8, 4) is 11.1 Å². The van der Waals surface area contributed by atoms with E-state index in [1.165, 1.54) is 44.2 Å². The number of allylic oxidation sites excluding steroid dienone is 2. The van der Waals surface area contributed by atoms with Crippen LogP contribution in [-0.4, -0.2) is 6.19 Å². The van der Waals surface area contributed by atoms with Gasteiger partial charge in [-0.1, -0.05) is 0 Å². The third-order valence-electron chi connectivity index (χ3n) is 9.41. The normalized spacial score (nSPS) is 16.1. The van der Waals surface area contributed by atoms with Gasteiger partial charge in [-0.15, -0.1) is 0 Å².